The lowest BCUT2D eigenvalue weighted by molar-refractivity contribution is 0.102. The normalized spacial score (nSPS) is 21.2. The van der Waals surface area contributed by atoms with Crippen molar-refractivity contribution >= 4 is 29.0 Å². The number of anilines is 3. The van der Waals surface area contributed by atoms with Gasteiger partial charge in [0.05, 0.1) is 37.3 Å². The summed E-state index contributed by atoms with van der Waals surface area (Å²) in [5.41, 5.74) is 0.598. The van der Waals surface area contributed by atoms with E-state index in [-0.39, 0.29) is 36.1 Å². The van der Waals surface area contributed by atoms with Crippen molar-refractivity contribution in [3.05, 3.63) is 71.8 Å². The monoisotopic (exact) mass is 538 g/mol. The highest BCUT2D eigenvalue weighted by atomic mass is 19.1. The lowest BCUT2D eigenvalue weighted by Crippen LogP contribution is -2.26. The van der Waals surface area contributed by atoms with Crippen LogP contribution in [0.3, 0.4) is 0 Å². The van der Waals surface area contributed by atoms with Crippen molar-refractivity contribution in [1.82, 2.24) is 24.6 Å². The minimum absolute atomic E-state index is 0.00810. The molecule has 0 aliphatic carbocycles. The number of ether oxygens (including phenoxy) is 1. The summed E-state index contributed by atoms with van der Waals surface area (Å²) in [7, 11) is 1.68. The van der Waals surface area contributed by atoms with Gasteiger partial charge >= 0.3 is 0 Å². The first-order valence-electron chi connectivity index (χ1n) is 12.5. The summed E-state index contributed by atoms with van der Waals surface area (Å²) in [5.74, 6) is -0.485. The van der Waals surface area contributed by atoms with Gasteiger partial charge in [0.15, 0.2) is 11.5 Å². The molecule has 10 nitrogen and oxygen atoms in total. The number of rotatable bonds is 6. The number of hydrogen-bond donors (Lipinski definition) is 1. The molecule has 0 bridgehead atoms. The van der Waals surface area contributed by atoms with Crippen LogP contribution < -0.4 is 15.1 Å². The Morgan fingerprint density at radius 1 is 1.05 bits per heavy atom. The number of amides is 1. The van der Waals surface area contributed by atoms with Crippen molar-refractivity contribution in [3.8, 4) is 0 Å². The van der Waals surface area contributed by atoms with Gasteiger partial charge in [0.25, 0.3) is 5.91 Å². The molecule has 1 amide bonds. The SMILES string of the molecule is COC1CCN(c2cnc(C(=O)Nc3cnc4ccc(N5C[C@@H](F)C[C@@H]5c5cc(F)ccc5F)nn34)cn2)C1. The van der Waals surface area contributed by atoms with Crippen LogP contribution in [0.4, 0.5) is 30.6 Å². The third-order valence-corrected chi connectivity index (χ3v) is 7.12. The highest BCUT2D eigenvalue weighted by molar-refractivity contribution is 6.02. The number of halogens is 3. The molecular weight excluding hydrogens is 513 g/mol. The first-order valence-corrected chi connectivity index (χ1v) is 12.5. The summed E-state index contributed by atoms with van der Waals surface area (Å²) in [6.07, 6.45) is 4.16. The Labute approximate surface area is 221 Å². The van der Waals surface area contributed by atoms with Gasteiger partial charge in [-0.1, -0.05) is 0 Å². The highest BCUT2D eigenvalue weighted by Gasteiger charge is 2.36. The molecule has 2 saturated heterocycles. The van der Waals surface area contributed by atoms with E-state index >= 15 is 0 Å². The number of benzene rings is 1. The Balaban J connectivity index is 1.23. The van der Waals surface area contributed by atoms with Crippen molar-refractivity contribution in [3.63, 3.8) is 0 Å². The van der Waals surface area contributed by atoms with Crippen LogP contribution in [0.15, 0.2) is 48.9 Å². The van der Waals surface area contributed by atoms with Gasteiger partial charge in [-0.15, -0.1) is 5.10 Å². The maximum atomic E-state index is 14.5. The molecule has 6 rings (SSSR count). The van der Waals surface area contributed by atoms with Crippen molar-refractivity contribution in [2.45, 2.75) is 31.2 Å². The summed E-state index contributed by atoms with van der Waals surface area (Å²) >= 11 is 0. The van der Waals surface area contributed by atoms with E-state index < -0.39 is 29.8 Å². The lowest BCUT2D eigenvalue weighted by atomic mass is 10.0. The van der Waals surface area contributed by atoms with Gasteiger partial charge in [-0.05, 0) is 36.8 Å². The van der Waals surface area contributed by atoms with Gasteiger partial charge in [-0.2, -0.15) is 4.52 Å². The predicted molar refractivity (Wildman–Crippen MR) is 137 cm³/mol. The summed E-state index contributed by atoms with van der Waals surface area (Å²) < 4.78 is 49.7. The van der Waals surface area contributed by atoms with E-state index in [4.69, 9.17) is 4.74 Å². The van der Waals surface area contributed by atoms with Crippen LogP contribution in [-0.4, -0.2) is 69.5 Å². The molecule has 3 atom stereocenters. The number of nitrogens with one attached hydrogen (secondary N) is 1. The van der Waals surface area contributed by atoms with Gasteiger partial charge in [0.1, 0.15) is 35.1 Å². The zero-order valence-electron chi connectivity index (χ0n) is 21.0. The Hall–Kier alpha value is -4.26. The van der Waals surface area contributed by atoms with Crippen molar-refractivity contribution < 1.29 is 22.7 Å². The number of carbonyl (C=O) groups excluding carboxylic acids is 1. The molecule has 1 N–H and O–H groups in total. The Morgan fingerprint density at radius 2 is 1.92 bits per heavy atom. The first kappa shape index (κ1) is 25.0. The average molecular weight is 539 g/mol. The quantitative estimate of drug-likeness (QED) is 0.398. The number of alkyl halides is 1. The third-order valence-electron chi connectivity index (χ3n) is 7.12. The van der Waals surface area contributed by atoms with E-state index in [1.165, 1.54) is 16.9 Å². The highest BCUT2D eigenvalue weighted by Crippen LogP contribution is 2.38. The molecule has 2 aliphatic rings. The molecule has 2 fully saturated rings. The Bertz CT molecular complexity index is 1520. The van der Waals surface area contributed by atoms with E-state index in [9.17, 15) is 18.0 Å². The molecule has 4 aromatic rings. The number of carbonyl (C=O) groups is 1. The second-order valence-electron chi connectivity index (χ2n) is 9.58. The maximum Gasteiger partial charge on any atom is 0.277 e. The van der Waals surface area contributed by atoms with E-state index in [1.807, 2.05) is 4.90 Å². The van der Waals surface area contributed by atoms with Gasteiger partial charge in [0.2, 0.25) is 0 Å². The fraction of sp³-hybridized carbons (Fsp3) is 0.346. The minimum atomic E-state index is -1.25. The fourth-order valence-electron chi connectivity index (χ4n) is 5.12. The van der Waals surface area contributed by atoms with Gasteiger partial charge < -0.3 is 19.9 Å². The van der Waals surface area contributed by atoms with Crippen molar-refractivity contribution in [1.29, 1.82) is 0 Å². The molecule has 39 heavy (non-hydrogen) atoms. The molecule has 1 aromatic carbocycles. The fourth-order valence-corrected chi connectivity index (χ4v) is 5.12. The summed E-state index contributed by atoms with van der Waals surface area (Å²) in [4.78, 5) is 29.5. The lowest BCUT2D eigenvalue weighted by Gasteiger charge is -2.26. The predicted octanol–water partition coefficient (Wildman–Crippen LogP) is 3.56. The van der Waals surface area contributed by atoms with E-state index in [2.05, 4.69) is 25.4 Å². The first-order chi connectivity index (χ1) is 18.9. The van der Waals surface area contributed by atoms with Crippen LogP contribution in [0, 0.1) is 11.6 Å². The number of aromatic nitrogens is 5. The van der Waals surface area contributed by atoms with E-state index in [1.54, 1.807) is 30.3 Å². The number of imidazole rings is 1. The summed E-state index contributed by atoms with van der Waals surface area (Å²) in [6, 6.07) is 5.68. The van der Waals surface area contributed by atoms with Gasteiger partial charge in [-0.3, -0.25) is 4.79 Å². The minimum Gasteiger partial charge on any atom is -0.380 e. The number of nitrogens with zero attached hydrogens (tertiary/aromatic N) is 7. The Kier molecular flexibility index (Phi) is 6.51. The van der Waals surface area contributed by atoms with E-state index in [0.717, 1.165) is 31.2 Å². The molecule has 202 valence electrons. The van der Waals surface area contributed by atoms with Crippen LogP contribution >= 0.6 is 0 Å². The van der Waals surface area contributed by atoms with Crippen LogP contribution in [-0.2, 0) is 4.74 Å². The number of methoxy groups -OCH3 is 1. The summed E-state index contributed by atoms with van der Waals surface area (Å²) in [6.45, 7) is 1.46. The second kappa shape index (κ2) is 10.1. The van der Waals surface area contributed by atoms with Crippen molar-refractivity contribution in [2.24, 2.45) is 0 Å². The molecule has 13 heteroatoms. The zero-order chi connectivity index (χ0) is 27.1. The van der Waals surface area contributed by atoms with Crippen LogP contribution in [0.25, 0.3) is 5.65 Å². The average Bonchev–Trinajstić information content (AvgIpc) is 3.68. The molecule has 1 unspecified atom stereocenters. The smallest absolute Gasteiger partial charge is 0.277 e. The zero-order valence-corrected chi connectivity index (χ0v) is 21.0. The topological polar surface area (TPSA) is 101 Å². The number of hydrogen-bond acceptors (Lipinski definition) is 8. The third kappa shape index (κ3) is 4.85. The molecular formula is C26H25F3N8O2. The van der Waals surface area contributed by atoms with Crippen LogP contribution in [0.2, 0.25) is 0 Å². The molecule has 0 saturated carbocycles. The largest absolute Gasteiger partial charge is 0.380 e. The molecule has 5 heterocycles. The molecule has 3 aromatic heterocycles. The van der Waals surface area contributed by atoms with Gasteiger partial charge in [-0.25, -0.2) is 28.1 Å². The maximum absolute atomic E-state index is 14.5. The Morgan fingerprint density at radius 3 is 2.69 bits per heavy atom. The van der Waals surface area contributed by atoms with Crippen molar-refractivity contribution in [2.75, 3.05) is 41.9 Å². The molecule has 0 spiro atoms. The number of fused-ring (bicyclic) bond motifs is 1. The summed E-state index contributed by atoms with van der Waals surface area (Å²) in [5, 5.41) is 7.27. The van der Waals surface area contributed by atoms with Gasteiger partial charge in [0, 0.05) is 32.2 Å². The molecule has 2 aliphatic heterocycles. The van der Waals surface area contributed by atoms with E-state index in [0.29, 0.717) is 23.8 Å². The van der Waals surface area contributed by atoms with Crippen LogP contribution in [0.1, 0.15) is 34.9 Å². The van der Waals surface area contributed by atoms with Crippen LogP contribution in [0.5, 0.6) is 0 Å². The standard InChI is InChI=1S/C26H25F3N8O2/c1-39-17-6-7-35(14-17)24-11-30-20(10-31-24)26(38)33-25-12-32-22-4-5-23(34-37(22)25)36-13-16(28)9-21(36)18-8-15(27)2-3-19(18)29/h2-5,8,10-12,16-17,21H,6-7,9,13-14H2,1H3,(H,33,38)/t16-,17?,21+/m0/s1. The second-order valence-corrected chi connectivity index (χ2v) is 9.58. The molecule has 0 radical (unpaired) electrons.